The van der Waals surface area contributed by atoms with E-state index in [-0.39, 0.29) is 0 Å². The Kier molecular flexibility index (Phi) is 4.86. The highest BCUT2D eigenvalue weighted by atomic mass is 16.5. The molecule has 1 rings (SSSR count). The number of hydrogen-bond donors (Lipinski definition) is 1. The van der Waals surface area contributed by atoms with Crippen molar-refractivity contribution < 1.29 is 4.74 Å². The Morgan fingerprint density at radius 2 is 2.06 bits per heavy atom. The van der Waals surface area contributed by atoms with Crippen molar-refractivity contribution in [1.82, 2.24) is 0 Å². The first-order valence-electron chi connectivity index (χ1n) is 5.03. The largest absolute Gasteiger partial charge is 0.493 e. The van der Waals surface area contributed by atoms with Gasteiger partial charge in [-0.15, -0.1) is 0 Å². The minimum atomic E-state index is 0.558. The van der Waals surface area contributed by atoms with Gasteiger partial charge < -0.3 is 10.5 Å². The van der Waals surface area contributed by atoms with Gasteiger partial charge in [-0.25, -0.2) is 0 Å². The molecule has 16 heavy (non-hydrogen) atoms. The maximum Gasteiger partial charge on any atom is 0.119 e. The molecule has 0 unspecified atom stereocenters. The summed E-state index contributed by atoms with van der Waals surface area (Å²) < 4.78 is 5.52. The summed E-state index contributed by atoms with van der Waals surface area (Å²) in [7, 11) is 0. The molecule has 0 fully saturated rings. The van der Waals surface area contributed by atoms with E-state index in [1.165, 1.54) is 0 Å². The lowest BCUT2D eigenvalue weighted by molar-refractivity contribution is 0.321. The number of hydrogen-bond acceptors (Lipinski definition) is 3. The number of benzene rings is 1. The van der Waals surface area contributed by atoms with Gasteiger partial charge in [0.1, 0.15) is 5.75 Å². The smallest absolute Gasteiger partial charge is 0.119 e. The summed E-state index contributed by atoms with van der Waals surface area (Å²) in [4.78, 5) is 3.86. The van der Waals surface area contributed by atoms with Crippen LogP contribution in [-0.2, 0) is 0 Å². The molecule has 0 radical (unpaired) electrons. The number of ether oxygens (including phenoxy) is 1. The van der Waals surface area contributed by atoms with Gasteiger partial charge in [0.2, 0.25) is 0 Å². The molecule has 3 heteroatoms. The molecule has 0 atom stereocenters. The van der Waals surface area contributed by atoms with Gasteiger partial charge in [-0.1, -0.05) is 12.7 Å². The number of nitrogens with zero attached hydrogens (tertiary/aromatic N) is 1. The van der Waals surface area contributed by atoms with Crippen LogP contribution in [0.5, 0.6) is 5.75 Å². The Bertz CT molecular complexity index is 379. The first-order valence-corrected chi connectivity index (χ1v) is 5.03. The van der Waals surface area contributed by atoms with E-state index in [9.17, 15) is 0 Å². The molecule has 0 aliphatic rings. The highest BCUT2D eigenvalue weighted by Crippen LogP contribution is 2.14. The van der Waals surface area contributed by atoms with E-state index < -0.39 is 0 Å². The van der Waals surface area contributed by atoms with Crippen molar-refractivity contribution in [3.63, 3.8) is 0 Å². The van der Waals surface area contributed by atoms with Crippen molar-refractivity contribution in [3.8, 4) is 5.75 Å². The summed E-state index contributed by atoms with van der Waals surface area (Å²) in [6.07, 6.45) is 4.21. The van der Waals surface area contributed by atoms with E-state index in [2.05, 4.69) is 18.3 Å². The van der Waals surface area contributed by atoms with E-state index in [0.29, 0.717) is 13.0 Å². The third-order valence-electron chi connectivity index (χ3n) is 2.02. The van der Waals surface area contributed by atoms with E-state index >= 15 is 0 Å². The van der Waals surface area contributed by atoms with Crippen molar-refractivity contribution in [2.45, 2.75) is 6.42 Å². The van der Waals surface area contributed by atoms with Gasteiger partial charge in [0, 0.05) is 17.8 Å². The van der Waals surface area contributed by atoms with Crippen LogP contribution in [0.2, 0.25) is 0 Å². The van der Waals surface area contributed by atoms with E-state index in [0.717, 1.165) is 17.1 Å². The third kappa shape index (κ3) is 4.00. The zero-order valence-corrected chi connectivity index (χ0v) is 9.23. The molecule has 0 aliphatic carbocycles. The van der Waals surface area contributed by atoms with Gasteiger partial charge in [0.15, 0.2) is 0 Å². The molecule has 0 saturated carbocycles. The number of allylic oxidation sites excluding steroid dienone is 2. The van der Waals surface area contributed by atoms with Gasteiger partial charge in [-0.05, 0) is 37.1 Å². The molecule has 2 N–H and O–H groups in total. The van der Waals surface area contributed by atoms with Gasteiger partial charge >= 0.3 is 0 Å². The average Bonchev–Trinajstić information content (AvgIpc) is 2.30. The number of nitrogens with two attached hydrogens (primary N) is 1. The number of aliphatic imine (C=N–C) groups is 1. The highest BCUT2D eigenvalue weighted by molar-refractivity contribution is 5.41. The van der Waals surface area contributed by atoms with E-state index in [1.807, 2.05) is 30.3 Å². The predicted molar refractivity (Wildman–Crippen MR) is 68.8 cm³/mol. The molecule has 3 nitrogen and oxygen atoms in total. The van der Waals surface area contributed by atoms with Gasteiger partial charge in [-0.3, -0.25) is 4.99 Å². The minimum Gasteiger partial charge on any atom is -0.493 e. The quantitative estimate of drug-likeness (QED) is 0.451. The molecular weight excluding hydrogens is 200 g/mol. The van der Waals surface area contributed by atoms with Crippen molar-refractivity contribution in [1.29, 1.82) is 0 Å². The van der Waals surface area contributed by atoms with Crippen LogP contribution >= 0.6 is 0 Å². The van der Waals surface area contributed by atoms with Crippen molar-refractivity contribution in [2.24, 2.45) is 4.99 Å². The molecule has 84 valence electrons. The monoisotopic (exact) mass is 216 g/mol. The van der Waals surface area contributed by atoms with Crippen LogP contribution < -0.4 is 10.5 Å². The maximum absolute atomic E-state index is 5.57. The highest BCUT2D eigenvalue weighted by Gasteiger charge is 1.95. The maximum atomic E-state index is 5.57. The second-order valence-electron chi connectivity index (χ2n) is 3.22. The lowest BCUT2D eigenvalue weighted by atomic mass is 10.3. The molecule has 0 saturated heterocycles. The number of anilines is 1. The zero-order valence-electron chi connectivity index (χ0n) is 9.23. The second kappa shape index (κ2) is 6.45. The Hall–Kier alpha value is -2.03. The normalized spacial score (nSPS) is 10.9. The molecule has 0 aliphatic heterocycles. The fraction of sp³-hybridized carbons (Fsp3) is 0.154. The zero-order chi connectivity index (χ0) is 11.8. The molecule has 0 spiro atoms. The average molecular weight is 216 g/mol. The third-order valence-corrected chi connectivity index (χ3v) is 2.02. The number of nitrogen functional groups attached to an aromatic ring is 1. The van der Waals surface area contributed by atoms with Crippen molar-refractivity contribution in [3.05, 3.63) is 48.7 Å². The van der Waals surface area contributed by atoms with Crippen molar-refractivity contribution >= 4 is 12.4 Å². The van der Waals surface area contributed by atoms with Gasteiger partial charge in [-0.2, -0.15) is 0 Å². The summed E-state index contributed by atoms with van der Waals surface area (Å²) in [5.74, 6) is 0.802. The molecular formula is C13H16N2O. The summed E-state index contributed by atoms with van der Waals surface area (Å²) >= 11 is 0. The molecule has 0 heterocycles. The number of rotatable bonds is 6. The predicted octanol–water partition coefficient (Wildman–Crippen LogP) is 2.81. The summed E-state index contributed by atoms with van der Waals surface area (Å²) in [5.41, 5.74) is 7.16. The summed E-state index contributed by atoms with van der Waals surface area (Å²) in [6, 6.07) is 7.30. The standard InChI is InChI=1S/C13H16N2O/c1-3-4-12(15-2)9-10-16-13-7-5-11(14)6-8-13/h3-8H,1-2,9-10,14H2/b12-4-. The Balaban J connectivity index is 2.40. The van der Waals surface area contributed by atoms with Gasteiger partial charge in [0.05, 0.1) is 6.61 Å². The van der Waals surface area contributed by atoms with Gasteiger partial charge in [0.25, 0.3) is 0 Å². The van der Waals surface area contributed by atoms with Crippen LogP contribution in [0.4, 0.5) is 5.69 Å². The minimum absolute atomic E-state index is 0.558. The Morgan fingerprint density at radius 1 is 1.38 bits per heavy atom. The van der Waals surface area contributed by atoms with Crippen LogP contribution in [0.15, 0.2) is 53.7 Å². The lowest BCUT2D eigenvalue weighted by Crippen LogP contribution is -1.98. The lowest BCUT2D eigenvalue weighted by Gasteiger charge is -2.06. The molecule has 0 amide bonds. The molecule has 0 bridgehead atoms. The van der Waals surface area contributed by atoms with Crippen LogP contribution in [-0.4, -0.2) is 13.3 Å². The van der Waals surface area contributed by atoms with E-state index in [4.69, 9.17) is 10.5 Å². The van der Waals surface area contributed by atoms with Crippen molar-refractivity contribution in [2.75, 3.05) is 12.3 Å². The fourth-order valence-corrected chi connectivity index (χ4v) is 1.19. The van der Waals surface area contributed by atoms with Crippen LogP contribution in [0.25, 0.3) is 0 Å². The Morgan fingerprint density at radius 3 is 2.62 bits per heavy atom. The first-order chi connectivity index (χ1) is 7.76. The van der Waals surface area contributed by atoms with E-state index in [1.54, 1.807) is 6.08 Å². The van der Waals surface area contributed by atoms with Crippen LogP contribution in [0, 0.1) is 0 Å². The first kappa shape index (κ1) is 12.0. The second-order valence-corrected chi connectivity index (χ2v) is 3.22. The fourth-order valence-electron chi connectivity index (χ4n) is 1.19. The van der Waals surface area contributed by atoms with Crippen LogP contribution in [0.1, 0.15) is 6.42 Å². The SMILES string of the molecule is C=C/C=C(/CCOc1ccc(N)cc1)N=C. The molecule has 0 aromatic heterocycles. The van der Waals surface area contributed by atoms with Crippen LogP contribution in [0.3, 0.4) is 0 Å². The summed E-state index contributed by atoms with van der Waals surface area (Å²) in [5, 5.41) is 0. The summed E-state index contributed by atoms with van der Waals surface area (Å²) in [6.45, 7) is 7.64. The molecule has 1 aromatic rings. The Labute approximate surface area is 96.0 Å². The molecule has 1 aromatic carbocycles. The topological polar surface area (TPSA) is 47.6 Å².